The van der Waals surface area contributed by atoms with Crippen molar-refractivity contribution in [3.05, 3.63) is 30.9 Å². The Morgan fingerprint density at radius 1 is 1.85 bits per heavy atom. The van der Waals surface area contributed by atoms with E-state index in [2.05, 4.69) is 11.9 Å². The summed E-state index contributed by atoms with van der Waals surface area (Å²) in [6, 6.07) is 0. The third-order valence-electron chi connectivity index (χ3n) is 1.79. The molecule has 0 aliphatic carbocycles. The lowest BCUT2D eigenvalue weighted by Gasteiger charge is -1.98. The van der Waals surface area contributed by atoms with Crippen molar-refractivity contribution >= 4 is 5.91 Å². The number of aromatic nitrogens is 2. The van der Waals surface area contributed by atoms with Gasteiger partial charge in [-0.25, -0.2) is 9.13 Å². The molecule has 0 bridgehead atoms. The average Bonchev–Trinajstić information content (AvgIpc) is 2.42. The highest BCUT2D eigenvalue weighted by atomic mass is 16.2. The van der Waals surface area contributed by atoms with Crippen LogP contribution >= 0.6 is 0 Å². The SMILES string of the molecule is C=CCNC(=O)c1n(C)cc[n+]1C. The quantitative estimate of drug-likeness (QED) is 0.506. The van der Waals surface area contributed by atoms with Crippen molar-refractivity contribution in [1.29, 1.82) is 0 Å². The van der Waals surface area contributed by atoms with E-state index in [1.807, 2.05) is 26.5 Å². The summed E-state index contributed by atoms with van der Waals surface area (Å²) < 4.78 is 3.55. The van der Waals surface area contributed by atoms with Gasteiger partial charge in [0.2, 0.25) is 0 Å². The molecule has 0 atom stereocenters. The van der Waals surface area contributed by atoms with E-state index >= 15 is 0 Å². The van der Waals surface area contributed by atoms with Gasteiger partial charge in [0.05, 0.1) is 14.1 Å². The lowest BCUT2D eigenvalue weighted by Crippen LogP contribution is -2.40. The molecule has 0 unspecified atom stereocenters. The lowest BCUT2D eigenvalue weighted by atomic mass is 10.5. The van der Waals surface area contributed by atoms with Crippen molar-refractivity contribution in [3.63, 3.8) is 0 Å². The van der Waals surface area contributed by atoms with E-state index < -0.39 is 0 Å². The summed E-state index contributed by atoms with van der Waals surface area (Å²) in [6.07, 6.45) is 5.33. The monoisotopic (exact) mass is 180 g/mol. The van der Waals surface area contributed by atoms with Gasteiger partial charge in [0.25, 0.3) is 0 Å². The van der Waals surface area contributed by atoms with Crippen LogP contribution in [0.15, 0.2) is 25.0 Å². The highest BCUT2D eigenvalue weighted by molar-refractivity contribution is 5.89. The Bertz CT molecular complexity index is 308. The maximum atomic E-state index is 11.5. The number of amides is 1. The van der Waals surface area contributed by atoms with Crippen LogP contribution in [0.5, 0.6) is 0 Å². The summed E-state index contributed by atoms with van der Waals surface area (Å²) in [5.41, 5.74) is 0. The predicted octanol–water partition coefficient (Wildman–Crippen LogP) is -0.235. The zero-order chi connectivity index (χ0) is 9.84. The Hall–Kier alpha value is -1.58. The van der Waals surface area contributed by atoms with Gasteiger partial charge < -0.3 is 5.32 Å². The molecular formula is C9H14N3O+. The molecule has 1 N–H and O–H groups in total. The van der Waals surface area contributed by atoms with Gasteiger partial charge in [-0.05, 0) is 0 Å². The summed E-state index contributed by atoms with van der Waals surface area (Å²) >= 11 is 0. The Balaban J connectivity index is 2.81. The van der Waals surface area contributed by atoms with Crippen molar-refractivity contribution in [1.82, 2.24) is 9.88 Å². The Morgan fingerprint density at radius 3 is 3.00 bits per heavy atom. The van der Waals surface area contributed by atoms with Crippen LogP contribution in [0.25, 0.3) is 0 Å². The van der Waals surface area contributed by atoms with Crippen molar-refractivity contribution < 1.29 is 9.36 Å². The van der Waals surface area contributed by atoms with Crippen LogP contribution in [-0.2, 0) is 14.1 Å². The number of imidazole rings is 1. The molecule has 1 aromatic heterocycles. The molecule has 4 heteroatoms. The van der Waals surface area contributed by atoms with E-state index in [-0.39, 0.29) is 5.91 Å². The maximum Gasteiger partial charge on any atom is 0.347 e. The zero-order valence-electron chi connectivity index (χ0n) is 7.95. The van der Waals surface area contributed by atoms with E-state index in [1.54, 1.807) is 15.2 Å². The maximum absolute atomic E-state index is 11.5. The van der Waals surface area contributed by atoms with Gasteiger partial charge in [0.15, 0.2) is 0 Å². The van der Waals surface area contributed by atoms with Crippen LogP contribution < -0.4 is 9.88 Å². The smallest absolute Gasteiger partial charge is 0.342 e. The molecule has 0 fully saturated rings. The van der Waals surface area contributed by atoms with Gasteiger partial charge in [-0.3, -0.25) is 4.79 Å². The number of rotatable bonds is 3. The third kappa shape index (κ3) is 1.96. The second kappa shape index (κ2) is 3.89. The fourth-order valence-electron chi connectivity index (χ4n) is 1.15. The Kier molecular flexibility index (Phi) is 2.84. The third-order valence-corrected chi connectivity index (χ3v) is 1.79. The molecule has 4 nitrogen and oxygen atoms in total. The lowest BCUT2D eigenvalue weighted by molar-refractivity contribution is -0.673. The van der Waals surface area contributed by atoms with E-state index in [9.17, 15) is 4.79 Å². The second-order valence-corrected chi connectivity index (χ2v) is 2.84. The fourth-order valence-corrected chi connectivity index (χ4v) is 1.15. The topological polar surface area (TPSA) is 37.9 Å². The van der Waals surface area contributed by atoms with Crippen molar-refractivity contribution in [2.75, 3.05) is 6.54 Å². The van der Waals surface area contributed by atoms with Gasteiger partial charge in [0.1, 0.15) is 12.4 Å². The fraction of sp³-hybridized carbons (Fsp3) is 0.333. The summed E-state index contributed by atoms with van der Waals surface area (Å²) in [6.45, 7) is 4.02. The first-order chi connectivity index (χ1) is 6.16. The van der Waals surface area contributed by atoms with Crippen LogP contribution in [0.3, 0.4) is 0 Å². The molecule has 0 radical (unpaired) electrons. The molecule has 1 rings (SSSR count). The number of hydrogen-bond acceptors (Lipinski definition) is 1. The van der Waals surface area contributed by atoms with Gasteiger partial charge in [-0.1, -0.05) is 6.08 Å². The summed E-state index contributed by atoms with van der Waals surface area (Å²) in [5, 5.41) is 2.72. The average molecular weight is 180 g/mol. The summed E-state index contributed by atoms with van der Waals surface area (Å²) in [7, 11) is 3.67. The molecule has 1 aromatic rings. The molecule has 0 aromatic carbocycles. The second-order valence-electron chi connectivity index (χ2n) is 2.84. The highest BCUT2D eigenvalue weighted by Gasteiger charge is 2.19. The molecule has 0 aliphatic rings. The largest absolute Gasteiger partial charge is 0.347 e. The summed E-state index contributed by atoms with van der Waals surface area (Å²) in [5.74, 6) is 0.539. The minimum Gasteiger partial charge on any atom is -0.342 e. The van der Waals surface area contributed by atoms with Crippen molar-refractivity contribution in [3.8, 4) is 0 Å². The van der Waals surface area contributed by atoms with Crippen LogP contribution in [0.4, 0.5) is 0 Å². The van der Waals surface area contributed by atoms with Crippen LogP contribution in [0, 0.1) is 0 Å². The summed E-state index contributed by atoms with van der Waals surface area (Å²) in [4.78, 5) is 11.5. The first-order valence-corrected chi connectivity index (χ1v) is 4.07. The Morgan fingerprint density at radius 2 is 2.54 bits per heavy atom. The molecule has 1 heterocycles. The van der Waals surface area contributed by atoms with Gasteiger partial charge >= 0.3 is 11.7 Å². The number of aryl methyl sites for hydroxylation is 2. The van der Waals surface area contributed by atoms with Gasteiger partial charge in [0, 0.05) is 6.54 Å². The minimum atomic E-state index is -0.0881. The minimum absolute atomic E-state index is 0.0881. The van der Waals surface area contributed by atoms with E-state index in [1.165, 1.54) is 0 Å². The number of nitrogens with zero attached hydrogens (tertiary/aromatic N) is 2. The molecule has 0 saturated carbocycles. The van der Waals surface area contributed by atoms with E-state index in [0.29, 0.717) is 12.4 Å². The number of hydrogen-bond donors (Lipinski definition) is 1. The van der Waals surface area contributed by atoms with Crippen molar-refractivity contribution in [2.45, 2.75) is 0 Å². The number of carbonyl (C=O) groups excluding carboxylic acids is 1. The molecule has 0 aliphatic heterocycles. The molecule has 1 amide bonds. The standard InChI is InChI=1S/C9H13N3O/c1-4-5-10-8(13)9-11(2)6-7-12(9)3/h4,6-7H,1,5H2,2-3H3/p+1. The molecule has 0 saturated heterocycles. The highest BCUT2D eigenvalue weighted by Crippen LogP contribution is 1.90. The first kappa shape index (κ1) is 9.51. The van der Waals surface area contributed by atoms with E-state index in [4.69, 9.17) is 0 Å². The number of carbonyl (C=O) groups is 1. The van der Waals surface area contributed by atoms with Crippen LogP contribution in [0.1, 0.15) is 10.6 Å². The predicted molar refractivity (Wildman–Crippen MR) is 49.1 cm³/mol. The van der Waals surface area contributed by atoms with Gasteiger partial charge in [-0.2, -0.15) is 0 Å². The normalized spacial score (nSPS) is 9.69. The number of nitrogens with one attached hydrogen (secondary N) is 1. The zero-order valence-corrected chi connectivity index (χ0v) is 7.95. The van der Waals surface area contributed by atoms with Crippen molar-refractivity contribution in [2.24, 2.45) is 14.1 Å². The van der Waals surface area contributed by atoms with Crippen LogP contribution in [0.2, 0.25) is 0 Å². The van der Waals surface area contributed by atoms with Gasteiger partial charge in [-0.15, -0.1) is 6.58 Å². The van der Waals surface area contributed by atoms with E-state index in [0.717, 1.165) is 0 Å². The Labute approximate surface area is 77.5 Å². The molecular weight excluding hydrogens is 166 g/mol. The molecule has 70 valence electrons. The van der Waals surface area contributed by atoms with Crippen LogP contribution in [-0.4, -0.2) is 17.0 Å². The first-order valence-electron chi connectivity index (χ1n) is 4.07. The molecule has 0 spiro atoms. The molecule has 13 heavy (non-hydrogen) atoms.